The number of hydrogen-bond acceptors (Lipinski definition) is 6. The second-order valence-electron chi connectivity index (χ2n) is 10.8. The third-order valence-electron chi connectivity index (χ3n) is 7.59. The lowest BCUT2D eigenvalue weighted by molar-refractivity contribution is -0.124. The number of anilines is 1. The van der Waals surface area contributed by atoms with Gasteiger partial charge in [-0.2, -0.15) is 0 Å². The molecular formula is C31H34ClN3O6. The van der Waals surface area contributed by atoms with E-state index in [0.717, 1.165) is 22.3 Å². The molecule has 1 saturated heterocycles. The van der Waals surface area contributed by atoms with Gasteiger partial charge in [-0.3, -0.25) is 14.4 Å². The molecule has 3 heterocycles. The highest BCUT2D eigenvalue weighted by Gasteiger charge is 2.30. The molecule has 2 amide bonds. The Labute approximate surface area is 243 Å². The molecule has 2 aliphatic rings. The number of nitrogens with two attached hydrogens (primary N) is 1. The number of rotatable bonds is 7. The summed E-state index contributed by atoms with van der Waals surface area (Å²) in [5, 5.41) is 3.45. The Morgan fingerprint density at radius 2 is 1.80 bits per heavy atom. The molecule has 3 unspecified atom stereocenters. The zero-order chi connectivity index (χ0) is 29.1. The van der Waals surface area contributed by atoms with E-state index < -0.39 is 17.9 Å². The van der Waals surface area contributed by atoms with E-state index in [4.69, 9.17) is 31.5 Å². The fourth-order valence-corrected chi connectivity index (χ4v) is 5.46. The Bertz CT molecular complexity index is 1480. The van der Waals surface area contributed by atoms with Gasteiger partial charge >= 0.3 is 0 Å². The van der Waals surface area contributed by atoms with E-state index in [1.165, 1.54) is 16.7 Å². The molecule has 3 atom stereocenters. The number of nitrogens with one attached hydrogen (secondary N) is 1. The number of amides is 2. The second kappa shape index (κ2) is 12.6. The Balaban J connectivity index is 1.54. The number of carbonyl (C=O) groups excluding carboxylic acids is 2. The molecule has 0 aliphatic carbocycles. The van der Waals surface area contributed by atoms with Crippen molar-refractivity contribution in [1.82, 2.24) is 4.57 Å². The first kappa shape index (κ1) is 29.0. The third kappa shape index (κ3) is 6.70. The van der Waals surface area contributed by atoms with Crippen LogP contribution < -0.4 is 16.6 Å². The van der Waals surface area contributed by atoms with E-state index in [1.807, 2.05) is 18.2 Å². The minimum atomic E-state index is -0.902. The largest absolute Gasteiger partial charge is 0.376 e. The lowest BCUT2D eigenvalue weighted by atomic mass is 9.89. The van der Waals surface area contributed by atoms with Crippen LogP contribution in [0.2, 0.25) is 5.02 Å². The van der Waals surface area contributed by atoms with Gasteiger partial charge in [0, 0.05) is 40.5 Å². The molecule has 1 aromatic heterocycles. The van der Waals surface area contributed by atoms with E-state index in [2.05, 4.69) is 19.2 Å². The van der Waals surface area contributed by atoms with E-state index in [0.29, 0.717) is 42.5 Å². The molecule has 41 heavy (non-hydrogen) atoms. The lowest BCUT2D eigenvalue weighted by Gasteiger charge is -2.30. The molecule has 3 N–H and O–H groups in total. The average molecular weight is 580 g/mol. The van der Waals surface area contributed by atoms with Crippen LogP contribution in [0.5, 0.6) is 0 Å². The van der Waals surface area contributed by atoms with Crippen molar-refractivity contribution in [3.8, 4) is 11.1 Å². The van der Waals surface area contributed by atoms with Crippen LogP contribution in [0.4, 0.5) is 5.69 Å². The summed E-state index contributed by atoms with van der Waals surface area (Å²) in [6, 6.07) is 12.6. The maximum absolute atomic E-state index is 13.7. The summed E-state index contributed by atoms with van der Waals surface area (Å²) in [6.45, 7) is 5.72. The zero-order valence-corrected chi connectivity index (χ0v) is 23.9. The molecule has 0 radical (unpaired) electrons. The molecule has 0 spiro atoms. The van der Waals surface area contributed by atoms with Gasteiger partial charge in [-0.15, -0.1) is 0 Å². The number of ether oxygens (including phenoxy) is 3. The highest BCUT2D eigenvalue weighted by Crippen LogP contribution is 2.34. The van der Waals surface area contributed by atoms with Crippen molar-refractivity contribution >= 4 is 29.1 Å². The highest BCUT2D eigenvalue weighted by molar-refractivity contribution is 6.30. The molecule has 10 heteroatoms. The Morgan fingerprint density at radius 3 is 2.49 bits per heavy atom. The van der Waals surface area contributed by atoms with Crippen molar-refractivity contribution in [2.75, 3.05) is 25.1 Å². The smallest absolute Gasteiger partial charge is 0.251 e. The van der Waals surface area contributed by atoms with E-state index in [1.54, 1.807) is 24.4 Å². The van der Waals surface area contributed by atoms with Gasteiger partial charge in [0.05, 0.1) is 38.6 Å². The first-order valence-electron chi connectivity index (χ1n) is 13.7. The SMILES string of the molecule is CC(C)C1Cc2ccc(Cl)cc2-c2cc(=O)n(C(CC3COCCO3)C(=O)Nc3ccc(C(N)=O)cc3)cc2CO1. The Morgan fingerprint density at radius 1 is 1.05 bits per heavy atom. The topological polar surface area (TPSA) is 122 Å². The summed E-state index contributed by atoms with van der Waals surface area (Å²) in [5.74, 6) is -0.690. The van der Waals surface area contributed by atoms with Crippen LogP contribution in [-0.4, -0.2) is 48.4 Å². The van der Waals surface area contributed by atoms with Gasteiger partial charge in [0.15, 0.2) is 0 Å². The van der Waals surface area contributed by atoms with Crippen LogP contribution in [0, 0.1) is 5.92 Å². The highest BCUT2D eigenvalue weighted by atomic mass is 35.5. The molecule has 216 valence electrons. The first-order valence-corrected chi connectivity index (χ1v) is 14.1. The normalized spacial score (nSPS) is 19.4. The van der Waals surface area contributed by atoms with Crippen LogP contribution in [0.15, 0.2) is 59.5 Å². The molecule has 0 saturated carbocycles. The predicted octanol–water partition coefficient (Wildman–Crippen LogP) is 4.35. The van der Waals surface area contributed by atoms with Crippen molar-refractivity contribution in [3.05, 3.63) is 86.8 Å². The first-order chi connectivity index (χ1) is 19.7. The zero-order valence-electron chi connectivity index (χ0n) is 23.1. The number of carbonyl (C=O) groups is 2. The van der Waals surface area contributed by atoms with Crippen LogP contribution in [0.1, 0.15) is 47.8 Å². The number of fused-ring (bicyclic) bond motifs is 3. The summed E-state index contributed by atoms with van der Waals surface area (Å²) in [6.07, 6.45) is 2.24. The predicted molar refractivity (Wildman–Crippen MR) is 156 cm³/mol. The molecule has 2 aliphatic heterocycles. The van der Waals surface area contributed by atoms with Gasteiger partial charge in [-0.1, -0.05) is 31.5 Å². The van der Waals surface area contributed by atoms with E-state index in [-0.39, 0.29) is 36.7 Å². The minimum absolute atomic E-state index is 0.0290. The number of aromatic nitrogens is 1. The summed E-state index contributed by atoms with van der Waals surface area (Å²) in [7, 11) is 0. The van der Waals surface area contributed by atoms with E-state index in [9.17, 15) is 14.4 Å². The molecule has 9 nitrogen and oxygen atoms in total. The number of hydrogen-bond donors (Lipinski definition) is 2. The summed E-state index contributed by atoms with van der Waals surface area (Å²) in [5.41, 5.74) is 9.26. The van der Waals surface area contributed by atoms with Gasteiger partial charge in [-0.25, -0.2) is 0 Å². The Hall–Kier alpha value is -3.50. The van der Waals surface area contributed by atoms with Gasteiger partial charge < -0.3 is 29.8 Å². The molecule has 2 aromatic carbocycles. The fraction of sp³-hybridized carbons (Fsp3) is 0.387. The number of primary amides is 1. The molecule has 1 fully saturated rings. The monoisotopic (exact) mass is 579 g/mol. The van der Waals surface area contributed by atoms with Crippen molar-refractivity contribution in [2.45, 2.75) is 51.5 Å². The van der Waals surface area contributed by atoms with Crippen LogP contribution in [0.3, 0.4) is 0 Å². The quantitative estimate of drug-likeness (QED) is 0.429. The van der Waals surface area contributed by atoms with E-state index >= 15 is 0 Å². The lowest BCUT2D eigenvalue weighted by Crippen LogP contribution is -2.39. The van der Waals surface area contributed by atoms with Gasteiger partial charge in [0.2, 0.25) is 11.8 Å². The Kier molecular flexibility index (Phi) is 8.89. The van der Waals surface area contributed by atoms with Gasteiger partial charge in [0.25, 0.3) is 5.56 Å². The summed E-state index contributed by atoms with van der Waals surface area (Å²) in [4.78, 5) is 38.9. The standard InChI is InChI=1S/C31H34ClN3O6/c1-18(2)28-11-20-3-6-22(32)12-25(20)26-14-29(36)35(15-21(26)16-41-28)27(13-24-17-39-9-10-40-24)31(38)34-23-7-4-19(5-8-23)30(33)37/h3-8,12,14-15,18,24,27-28H,9-11,13,16-17H2,1-2H3,(H2,33,37)(H,34,38). The minimum Gasteiger partial charge on any atom is -0.376 e. The van der Waals surface area contributed by atoms with Gasteiger partial charge in [0.1, 0.15) is 6.04 Å². The van der Waals surface area contributed by atoms with Crippen molar-refractivity contribution in [3.63, 3.8) is 0 Å². The van der Waals surface area contributed by atoms with Crippen molar-refractivity contribution < 1.29 is 23.8 Å². The maximum Gasteiger partial charge on any atom is 0.251 e. The van der Waals surface area contributed by atoms with Crippen LogP contribution in [0.25, 0.3) is 11.1 Å². The number of benzene rings is 2. The second-order valence-corrected chi connectivity index (χ2v) is 11.2. The van der Waals surface area contributed by atoms with Gasteiger partial charge in [-0.05, 0) is 65.4 Å². The van der Waals surface area contributed by atoms with Crippen LogP contribution in [-0.2, 0) is 32.0 Å². The summed E-state index contributed by atoms with van der Waals surface area (Å²) < 4.78 is 19.2. The molecular weight excluding hydrogens is 546 g/mol. The number of halogens is 1. The average Bonchev–Trinajstić information content (AvgIpc) is 2.95. The molecule has 3 aromatic rings. The van der Waals surface area contributed by atoms with Crippen molar-refractivity contribution in [2.24, 2.45) is 11.7 Å². The maximum atomic E-state index is 13.7. The fourth-order valence-electron chi connectivity index (χ4n) is 5.29. The molecule has 5 rings (SSSR count). The molecule has 0 bridgehead atoms. The van der Waals surface area contributed by atoms with Crippen LogP contribution >= 0.6 is 11.6 Å². The third-order valence-corrected chi connectivity index (χ3v) is 7.82. The number of nitrogens with zero attached hydrogens (tertiary/aromatic N) is 1. The summed E-state index contributed by atoms with van der Waals surface area (Å²) >= 11 is 6.39. The van der Waals surface area contributed by atoms with Crippen molar-refractivity contribution in [1.29, 1.82) is 0 Å². The number of pyridine rings is 1.